The summed E-state index contributed by atoms with van der Waals surface area (Å²) in [4.78, 5) is 0. The Morgan fingerprint density at radius 2 is 1.33 bits per heavy atom. The van der Waals surface area contributed by atoms with Crippen molar-refractivity contribution in [3.05, 3.63) is 29.8 Å². The van der Waals surface area contributed by atoms with E-state index in [0.717, 1.165) is 23.8 Å². The lowest BCUT2D eigenvalue weighted by Crippen LogP contribution is -2.27. The Balaban J connectivity index is 1.34. The minimum Gasteiger partial charge on any atom is -0.493 e. The van der Waals surface area contributed by atoms with Crippen molar-refractivity contribution in [2.45, 2.75) is 84.0 Å². The van der Waals surface area contributed by atoms with Gasteiger partial charge in [-0.3, -0.25) is 0 Å². The molecule has 2 saturated carbocycles. The van der Waals surface area contributed by atoms with Gasteiger partial charge >= 0.3 is 0 Å². The lowest BCUT2D eigenvalue weighted by Gasteiger charge is -2.38. The SMILES string of the molecule is CCCCC[C@H]1CC[C@H]([C@H]2CC[C@H](COc3cc(F)cc(F)c3)CC2)CC1. The van der Waals surface area contributed by atoms with Gasteiger partial charge in [-0.15, -0.1) is 0 Å². The minimum absolute atomic E-state index is 0.316. The molecule has 152 valence electrons. The third-order valence-corrected chi connectivity index (χ3v) is 6.99. The summed E-state index contributed by atoms with van der Waals surface area (Å²) in [7, 11) is 0. The van der Waals surface area contributed by atoms with Crippen LogP contribution >= 0.6 is 0 Å². The molecule has 3 heteroatoms. The van der Waals surface area contributed by atoms with E-state index in [-0.39, 0.29) is 0 Å². The fourth-order valence-electron chi connectivity index (χ4n) is 5.28. The molecule has 2 aliphatic rings. The van der Waals surface area contributed by atoms with Gasteiger partial charge in [-0.2, -0.15) is 0 Å². The zero-order chi connectivity index (χ0) is 19.1. The van der Waals surface area contributed by atoms with E-state index in [9.17, 15) is 8.78 Å². The monoisotopic (exact) mass is 378 g/mol. The van der Waals surface area contributed by atoms with Crippen LogP contribution in [-0.2, 0) is 0 Å². The minimum atomic E-state index is -0.570. The summed E-state index contributed by atoms with van der Waals surface area (Å²) in [5, 5.41) is 0. The molecule has 0 saturated heterocycles. The molecule has 0 N–H and O–H groups in total. The average molecular weight is 379 g/mol. The predicted molar refractivity (Wildman–Crippen MR) is 107 cm³/mol. The van der Waals surface area contributed by atoms with Crippen molar-refractivity contribution in [3.8, 4) is 5.75 Å². The number of halogens is 2. The first-order valence-corrected chi connectivity index (χ1v) is 11.2. The summed E-state index contributed by atoms with van der Waals surface area (Å²) < 4.78 is 32.2. The summed E-state index contributed by atoms with van der Waals surface area (Å²) in [6.07, 6.45) is 16.4. The highest BCUT2D eigenvalue weighted by atomic mass is 19.1. The van der Waals surface area contributed by atoms with Gasteiger partial charge in [0.25, 0.3) is 0 Å². The topological polar surface area (TPSA) is 9.23 Å². The highest BCUT2D eigenvalue weighted by Gasteiger charge is 2.30. The molecule has 0 bridgehead atoms. The van der Waals surface area contributed by atoms with Crippen molar-refractivity contribution in [2.24, 2.45) is 23.7 Å². The summed E-state index contributed by atoms with van der Waals surface area (Å²) in [6, 6.07) is 3.43. The van der Waals surface area contributed by atoms with Crippen molar-refractivity contribution < 1.29 is 13.5 Å². The van der Waals surface area contributed by atoms with Crippen molar-refractivity contribution in [1.29, 1.82) is 0 Å². The van der Waals surface area contributed by atoms with Crippen LogP contribution in [0.5, 0.6) is 5.75 Å². The standard InChI is InChI=1S/C24H36F2O/c1-2-3-4-5-18-6-10-20(11-7-18)21-12-8-19(9-13-21)17-27-24-15-22(25)14-23(26)16-24/h14-16,18-21H,2-13,17H2,1H3/t18-,19-,20-,21-. The number of benzene rings is 1. The van der Waals surface area contributed by atoms with Crippen molar-refractivity contribution in [3.63, 3.8) is 0 Å². The molecule has 0 spiro atoms. The first-order chi connectivity index (χ1) is 13.1. The van der Waals surface area contributed by atoms with Crippen LogP contribution < -0.4 is 4.74 Å². The van der Waals surface area contributed by atoms with Crippen LogP contribution in [0.15, 0.2) is 18.2 Å². The molecule has 2 fully saturated rings. The van der Waals surface area contributed by atoms with Gasteiger partial charge in [0.2, 0.25) is 0 Å². The van der Waals surface area contributed by atoms with Gasteiger partial charge in [-0.1, -0.05) is 45.4 Å². The van der Waals surface area contributed by atoms with Gasteiger partial charge in [-0.25, -0.2) is 8.78 Å². The van der Waals surface area contributed by atoms with Gasteiger partial charge in [-0.05, 0) is 62.2 Å². The lowest BCUT2D eigenvalue weighted by atomic mass is 9.69. The fourth-order valence-corrected chi connectivity index (χ4v) is 5.28. The number of unbranched alkanes of at least 4 members (excludes halogenated alkanes) is 2. The third kappa shape index (κ3) is 6.47. The Hall–Kier alpha value is -1.12. The van der Waals surface area contributed by atoms with Crippen LogP contribution in [0.25, 0.3) is 0 Å². The fraction of sp³-hybridized carbons (Fsp3) is 0.750. The number of hydrogen-bond donors (Lipinski definition) is 0. The number of rotatable bonds is 8. The molecule has 2 aliphatic carbocycles. The van der Waals surface area contributed by atoms with E-state index >= 15 is 0 Å². The Morgan fingerprint density at radius 3 is 1.89 bits per heavy atom. The normalized spacial score (nSPS) is 28.9. The molecule has 0 aromatic heterocycles. The van der Waals surface area contributed by atoms with Gasteiger partial charge in [0, 0.05) is 18.2 Å². The molecule has 0 unspecified atom stereocenters. The highest BCUT2D eigenvalue weighted by Crippen LogP contribution is 2.42. The average Bonchev–Trinajstić information content (AvgIpc) is 2.67. The van der Waals surface area contributed by atoms with E-state index in [1.807, 2.05) is 0 Å². The molecule has 1 aromatic carbocycles. The second kappa shape index (κ2) is 10.4. The summed E-state index contributed by atoms with van der Waals surface area (Å²) in [5.41, 5.74) is 0. The van der Waals surface area contributed by atoms with Crippen LogP contribution in [0.4, 0.5) is 8.78 Å². The largest absolute Gasteiger partial charge is 0.493 e. The maximum atomic E-state index is 13.2. The van der Waals surface area contributed by atoms with Crippen LogP contribution in [0, 0.1) is 35.3 Å². The van der Waals surface area contributed by atoms with Gasteiger partial charge in [0.05, 0.1) is 6.61 Å². The molecule has 0 aliphatic heterocycles. The number of hydrogen-bond acceptors (Lipinski definition) is 1. The molecule has 27 heavy (non-hydrogen) atoms. The Bertz CT molecular complexity index is 537. The van der Waals surface area contributed by atoms with Gasteiger partial charge in [0.15, 0.2) is 0 Å². The van der Waals surface area contributed by atoms with Crippen molar-refractivity contribution in [1.82, 2.24) is 0 Å². The van der Waals surface area contributed by atoms with E-state index in [4.69, 9.17) is 4.74 Å². The quantitative estimate of drug-likeness (QED) is 0.425. The number of ether oxygens (including phenoxy) is 1. The summed E-state index contributed by atoms with van der Waals surface area (Å²) in [6.45, 7) is 2.87. The van der Waals surface area contributed by atoms with Gasteiger partial charge < -0.3 is 4.74 Å². The smallest absolute Gasteiger partial charge is 0.129 e. The van der Waals surface area contributed by atoms with E-state index < -0.39 is 11.6 Å². The van der Waals surface area contributed by atoms with Crippen molar-refractivity contribution in [2.75, 3.05) is 6.61 Å². The Morgan fingerprint density at radius 1 is 0.778 bits per heavy atom. The zero-order valence-electron chi connectivity index (χ0n) is 16.9. The Kier molecular flexibility index (Phi) is 7.96. The maximum Gasteiger partial charge on any atom is 0.129 e. The van der Waals surface area contributed by atoms with Gasteiger partial charge in [0.1, 0.15) is 17.4 Å². The van der Waals surface area contributed by atoms with E-state index in [0.29, 0.717) is 18.3 Å². The molecule has 0 heterocycles. The van der Waals surface area contributed by atoms with Crippen molar-refractivity contribution >= 4 is 0 Å². The second-order valence-corrected chi connectivity index (χ2v) is 8.97. The van der Waals surface area contributed by atoms with Crippen LogP contribution in [0.3, 0.4) is 0 Å². The summed E-state index contributed by atoms with van der Waals surface area (Å²) >= 11 is 0. The highest BCUT2D eigenvalue weighted by molar-refractivity contribution is 5.23. The van der Waals surface area contributed by atoms with Crippen LogP contribution in [0.1, 0.15) is 84.0 Å². The maximum absolute atomic E-state index is 13.2. The zero-order valence-corrected chi connectivity index (χ0v) is 16.9. The molecule has 1 aromatic rings. The first-order valence-electron chi connectivity index (χ1n) is 11.2. The van der Waals surface area contributed by atoms with E-state index in [1.54, 1.807) is 0 Å². The first kappa shape index (κ1) is 20.6. The molecule has 3 rings (SSSR count). The lowest BCUT2D eigenvalue weighted by molar-refractivity contribution is 0.121. The van der Waals surface area contributed by atoms with E-state index in [2.05, 4.69) is 6.92 Å². The molecular weight excluding hydrogens is 342 g/mol. The van der Waals surface area contributed by atoms with Crippen LogP contribution in [0.2, 0.25) is 0 Å². The molecule has 1 nitrogen and oxygen atoms in total. The third-order valence-electron chi connectivity index (χ3n) is 6.99. The van der Waals surface area contributed by atoms with E-state index in [1.165, 1.54) is 89.2 Å². The molecular formula is C24H36F2O. The Labute approximate surface area is 163 Å². The molecule has 0 radical (unpaired) electrons. The molecule has 0 amide bonds. The second-order valence-electron chi connectivity index (χ2n) is 8.97. The van der Waals surface area contributed by atoms with Crippen LogP contribution in [-0.4, -0.2) is 6.61 Å². The summed E-state index contributed by atoms with van der Waals surface area (Å²) in [5.74, 6) is 2.52. The molecule has 0 atom stereocenters. The predicted octanol–water partition coefficient (Wildman–Crippen LogP) is 7.54.